The molecule has 3 rings (SSSR count). The van der Waals surface area contributed by atoms with Crippen LogP contribution in [-0.4, -0.2) is 46.2 Å². The van der Waals surface area contributed by atoms with Gasteiger partial charge in [0.15, 0.2) is 0 Å². The van der Waals surface area contributed by atoms with E-state index in [1.165, 1.54) is 19.3 Å². The number of aromatic nitrogens is 2. The van der Waals surface area contributed by atoms with Crippen LogP contribution in [0.1, 0.15) is 48.2 Å². The summed E-state index contributed by atoms with van der Waals surface area (Å²) in [7, 11) is 0. The zero-order chi connectivity index (χ0) is 13.2. The third-order valence-corrected chi connectivity index (χ3v) is 4.43. The number of amides is 1. The Balaban J connectivity index is 1.80. The number of nitrogens with zero attached hydrogens (tertiary/aromatic N) is 2. The Morgan fingerprint density at radius 3 is 2.95 bits per heavy atom. The van der Waals surface area contributed by atoms with Gasteiger partial charge < -0.3 is 10.2 Å². The van der Waals surface area contributed by atoms with Gasteiger partial charge in [-0.3, -0.25) is 9.89 Å². The minimum Gasteiger partial charge on any atom is -0.334 e. The summed E-state index contributed by atoms with van der Waals surface area (Å²) in [6, 6.07) is 0.842. The molecule has 2 fully saturated rings. The second kappa shape index (κ2) is 5.33. The molecule has 0 spiro atoms. The number of carbonyl (C=O) groups is 1. The quantitative estimate of drug-likeness (QED) is 0.848. The van der Waals surface area contributed by atoms with Crippen molar-refractivity contribution in [3.8, 4) is 0 Å². The molecule has 5 nitrogen and oxygen atoms in total. The Kier molecular flexibility index (Phi) is 3.55. The molecule has 2 atom stereocenters. The van der Waals surface area contributed by atoms with E-state index in [1.807, 2.05) is 6.92 Å². The van der Waals surface area contributed by atoms with Crippen LogP contribution in [0.5, 0.6) is 0 Å². The van der Waals surface area contributed by atoms with E-state index < -0.39 is 0 Å². The number of likely N-dealkylation sites (tertiary alicyclic amines) is 1. The number of H-pyrrole nitrogens is 1. The van der Waals surface area contributed by atoms with Gasteiger partial charge in [0.2, 0.25) is 0 Å². The predicted molar refractivity (Wildman–Crippen MR) is 73.0 cm³/mol. The maximum Gasteiger partial charge on any atom is 0.257 e. The summed E-state index contributed by atoms with van der Waals surface area (Å²) in [6.45, 7) is 3.88. The number of aromatic amines is 1. The highest BCUT2D eigenvalue weighted by Crippen LogP contribution is 2.26. The predicted octanol–water partition coefficient (Wildman–Crippen LogP) is 1.46. The molecule has 1 amide bonds. The highest BCUT2D eigenvalue weighted by atomic mass is 16.2. The van der Waals surface area contributed by atoms with Gasteiger partial charge in [-0.25, -0.2) is 0 Å². The van der Waals surface area contributed by atoms with Gasteiger partial charge in [0.1, 0.15) is 0 Å². The fourth-order valence-electron chi connectivity index (χ4n) is 3.39. The Morgan fingerprint density at radius 2 is 2.26 bits per heavy atom. The van der Waals surface area contributed by atoms with Crippen LogP contribution in [0.3, 0.4) is 0 Å². The van der Waals surface area contributed by atoms with E-state index in [4.69, 9.17) is 0 Å². The third kappa shape index (κ3) is 2.39. The van der Waals surface area contributed by atoms with E-state index in [0.29, 0.717) is 12.1 Å². The van der Waals surface area contributed by atoms with Gasteiger partial charge >= 0.3 is 0 Å². The highest BCUT2D eigenvalue weighted by molar-refractivity contribution is 5.95. The lowest BCUT2D eigenvalue weighted by atomic mass is 9.94. The van der Waals surface area contributed by atoms with Gasteiger partial charge in [0.05, 0.1) is 11.8 Å². The maximum absolute atomic E-state index is 12.7. The number of piperidine rings is 1. The third-order valence-electron chi connectivity index (χ3n) is 4.43. The average Bonchev–Trinajstić information content (AvgIpc) is 3.09. The van der Waals surface area contributed by atoms with Crippen LogP contribution in [0, 0.1) is 6.92 Å². The molecule has 0 saturated carbocycles. The summed E-state index contributed by atoms with van der Waals surface area (Å²) in [6.07, 6.45) is 7.56. The second-order valence-electron chi connectivity index (χ2n) is 5.67. The monoisotopic (exact) mass is 262 g/mol. The Hall–Kier alpha value is -1.36. The molecule has 1 aromatic rings. The first kappa shape index (κ1) is 12.7. The highest BCUT2D eigenvalue weighted by Gasteiger charge is 2.35. The molecule has 1 aromatic heterocycles. The average molecular weight is 262 g/mol. The van der Waals surface area contributed by atoms with Crippen molar-refractivity contribution < 1.29 is 4.79 Å². The minimum atomic E-state index is 0.143. The SMILES string of the molecule is Cc1[nH]ncc1C(=O)N1CCCCC1C1CCCN1. The van der Waals surface area contributed by atoms with Crippen molar-refractivity contribution in [2.75, 3.05) is 13.1 Å². The van der Waals surface area contributed by atoms with E-state index in [-0.39, 0.29) is 5.91 Å². The fraction of sp³-hybridized carbons (Fsp3) is 0.714. The summed E-state index contributed by atoms with van der Waals surface area (Å²) in [5.41, 5.74) is 1.60. The molecular formula is C14H22N4O. The van der Waals surface area contributed by atoms with E-state index in [0.717, 1.165) is 37.2 Å². The van der Waals surface area contributed by atoms with Gasteiger partial charge in [-0.15, -0.1) is 0 Å². The van der Waals surface area contributed by atoms with Crippen molar-refractivity contribution in [3.05, 3.63) is 17.5 Å². The van der Waals surface area contributed by atoms with Gasteiger partial charge in [0, 0.05) is 24.3 Å². The summed E-state index contributed by atoms with van der Waals surface area (Å²) in [4.78, 5) is 14.8. The van der Waals surface area contributed by atoms with Crippen molar-refractivity contribution in [3.63, 3.8) is 0 Å². The Morgan fingerprint density at radius 1 is 1.37 bits per heavy atom. The Labute approximate surface area is 113 Å². The molecule has 2 N–H and O–H groups in total. The maximum atomic E-state index is 12.7. The smallest absolute Gasteiger partial charge is 0.257 e. The molecule has 5 heteroatoms. The van der Waals surface area contributed by atoms with E-state index in [1.54, 1.807) is 6.20 Å². The van der Waals surface area contributed by atoms with Gasteiger partial charge in [-0.2, -0.15) is 5.10 Å². The zero-order valence-corrected chi connectivity index (χ0v) is 11.5. The van der Waals surface area contributed by atoms with Crippen LogP contribution in [0.4, 0.5) is 0 Å². The van der Waals surface area contributed by atoms with Crippen LogP contribution in [0.2, 0.25) is 0 Å². The van der Waals surface area contributed by atoms with E-state index in [9.17, 15) is 4.79 Å². The second-order valence-corrected chi connectivity index (χ2v) is 5.67. The van der Waals surface area contributed by atoms with Crippen LogP contribution >= 0.6 is 0 Å². The van der Waals surface area contributed by atoms with Crippen LogP contribution in [0.15, 0.2) is 6.20 Å². The molecule has 2 aliphatic rings. The number of hydrogen-bond donors (Lipinski definition) is 2. The molecular weight excluding hydrogens is 240 g/mol. The lowest BCUT2D eigenvalue weighted by Crippen LogP contribution is -2.52. The number of carbonyl (C=O) groups excluding carboxylic acids is 1. The first-order valence-electron chi connectivity index (χ1n) is 7.31. The first-order valence-corrected chi connectivity index (χ1v) is 7.31. The van der Waals surface area contributed by atoms with Crippen LogP contribution in [-0.2, 0) is 0 Å². The summed E-state index contributed by atoms with van der Waals surface area (Å²) < 4.78 is 0. The number of aryl methyl sites for hydroxylation is 1. The molecule has 2 aliphatic heterocycles. The molecule has 104 valence electrons. The van der Waals surface area contributed by atoms with Crippen molar-refractivity contribution in [2.24, 2.45) is 0 Å². The molecule has 3 heterocycles. The molecule has 0 bridgehead atoms. The molecule has 2 saturated heterocycles. The first-order chi connectivity index (χ1) is 9.27. The molecule has 0 aromatic carbocycles. The lowest BCUT2D eigenvalue weighted by Gasteiger charge is -2.39. The standard InChI is InChI=1S/C14H22N4O/c1-10-11(9-16-17-10)14(19)18-8-3-2-6-13(18)12-5-4-7-15-12/h9,12-13,15H,2-8H2,1H3,(H,16,17). The number of hydrogen-bond acceptors (Lipinski definition) is 3. The minimum absolute atomic E-state index is 0.143. The van der Waals surface area contributed by atoms with Crippen LogP contribution < -0.4 is 5.32 Å². The Bertz CT molecular complexity index is 450. The number of nitrogens with one attached hydrogen (secondary N) is 2. The zero-order valence-electron chi connectivity index (χ0n) is 11.5. The van der Waals surface area contributed by atoms with Gasteiger partial charge in [0.25, 0.3) is 5.91 Å². The van der Waals surface area contributed by atoms with Crippen molar-refractivity contribution in [2.45, 2.75) is 51.1 Å². The summed E-state index contributed by atoms with van der Waals surface area (Å²) in [5, 5.41) is 10.4. The van der Waals surface area contributed by atoms with Gasteiger partial charge in [-0.1, -0.05) is 0 Å². The van der Waals surface area contributed by atoms with Crippen molar-refractivity contribution in [1.29, 1.82) is 0 Å². The largest absolute Gasteiger partial charge is 0.334 e. The normalized spacial score (nSPS) is 27.7. The molecule has 19 heavy (non-hydrogen) atoms. The summed E-state index contributed by atoms with van der Waals surface area (Å²) >= 11 is 0. The lowest BCUT2D eigenvalue weighted by molar-refractivity contribution is 0.0563. The van der Waals surface area contributed by atoms with E-state index in [2.05, 4.69) is 20.4 Å². The summed E-state index contributed by atoms with van der Waals surface area (Å²) in [5.74, 6) is 0.143. The number of rotatable bonds is 2. The van der Waals surface area contributed by atoms with Crippen molar-refractivity contribution in [1.82, 2.24) is 20.4 Å². The van der Waals surface area contributed by atoms with Gasteiger partial charge in [-0.05, 0) is 45.6 Å². The topological polar surface area (TPSA) is 61.0 Å². The van der Waals surface area contributed by atoms with Crippen LogP contribution in [0.25, 0.3) is 0 Å². The van der Waals surface area contributed by atoms with E-state index >= 15 is 0 Å². The molecule has 0 radical (unpaired) electrons. The van der Waals surface area contributed by atoms with Crippen molar-refractivity contribution >= 4 is 5.91 Å². The molecule has 0 aliphatic carbocycles. The molecule has 2 unspecified atom stereocenters. The fourth-order valence-corrected chi connectivity index (χ4v) is 3.39.